The molecule has 4 rings (SSSR count). The Bertz CT molecular complexity index is 1350. The second kappa shape index (κ2) is 10.5. The predicted molar refractivity (Wildman–Crippen MR) is 130 cm³/mol. The van der Waals surface area contributed by atoms with Crippen molar-refractivity contribution in [2.75, 3.05) is 13.1 Å². The zero-order chi connectivity index (χ0) is 24.1. The van der Waals surface area contributed by atoms with E-state index < -0.39 is 10.0 Å². The molecule has 0 N–H and O–H groups in total. The van der Waals surface area contributed by atoms with E-state index in [0.29, 0.717) is 53.6 Å². The van der Waals surface area contributed by atoms with Gasteiger partial charge in [-0.2, -0.15) is 4.31 Å². The van der Waals surface area contributed by atoms with Crippen LogP contribution >= 0.6 is 11.8 Å². The number of aryl methyl sites for hydroxylation is 1. The Kier molecular flexibility index (Phi) is 7.44. The van der Waals surface area contributed by atoms with Gasteiger partial charge in [-0.15, -0.1) is 20.4 Å². The van der Waals surface area contributed by atoms with Gasteiger partial charge in [-0.25, -0.2) is 8.42 Å². The summed E-state index contributed by atoms with van der Waals surface area (Å²) in [4.78, 5) is 0.225. The lowest BCUT2D eigenvalue weighted by Crippen LogP contribution is -2.30. The SMILES string of the molecule is CCc1nnc(CSc2nnc(-c3cccc(S(=O)(=O)N(CC)CC)c3)n2-c2ccccc2)o1. The van der Waals surface area contributed by atoms with Crippen molar-refractivity contribution in [1.29, 1.82) is 0 Å². The monoisotopic (exact) mass is 498 g/mol. The minimum absolute atomic E-state index is 0.225. The molecule has 0 atom stereocenters. The molecule has 0 aliphatic carbocycles. The van der Waals surface area contributed by atoms with Crippen molar-refractivity contribution in [1.82, 2.24) is 29.3 Å². The number of rotatable bonds is 10. The van der Waals surface area contributed by atoms with Gasteiger partial charge in [-0.1, -0.05) is 62.9 Å². The summed E-state index contributed by atoms with van der Waals surface area (Å²) in [5, 5.41) is 17.5. The van der Waals surface area contributed by atoms with E-state index in [1.807, 2.05) is 61.7 Å². The third kappa shape index (κ3) is 4.91. The summed E-state index contributed by atoms with van der Waals surface area (Å²) in [5.74, 6) is 2.09. The first-order valence-corrected chi connectivity index (χ1v) is 13.5. The topological polar surface area (TPSA) is 107 Å². The highest BCUT2D eigenvalue weighted by atomic mass is 32.2. The molecule has 0 bridgehead atoms. The molecule has 0 fully saturated rings. The standard InChI is InChI=1S/C23H26N6O3S2/c1-4-20-24-25-21(32-20)16-33-23-27-26-22(29(23)18-12-8-7-9-13-18)17-11-10-14-19(15-17)34(30,31)28(5-2)6-3/h7-15H,4-6,16H2,1-3H3. The lowest BCUT2D eigenvalue weighted by atomic mass is 10.2. The van der Waals surface area contributed by atoms with Crippen LogP contribution in [0, 0.1) is 0 Å². The van der Waals surface area contributed by atoms with Crippen LogP contribution in [0.25, 0.3) is 17.1 Å². The molecular weight excluding hydrogens is 472 g/mol. The van der Waals surface area contributed by atoms with Gasteiger partial charge < -0.3 is 4.42 Å². The molecule has 0 spiro atoms. The van der Waals surface area contributed by atoms with Crippen molar-refractivity contribution in [3.63, 3.8) is 0 Å². The minimum Gasteiger partial charge on any atom is -0.424 e. The van der Waals surface area contributed by atoms with Crippen molar-refractivity contribution in [2.45, 2.75) is 43.0 Å². The largest absolute Gasteiger partial charge is 0.424 e. The van der Waals surface area contributed by atoms with Gasteiger partial charge in [0.05, 0.1) is 10.6 Å². The number of sulfonamides is 1. The molecular formula is C23H26N6O3S2. The smallest absolute Gasteiger partial charge is 0.243 e. The molecule has 0 unspecified atom stereocenters. The maximum absolute atomic E-state index is 13.1. The maximum atomic E-state index is 13.1. The average Bonchev–Trinajstić information content (AvgIpc) is 3.51. The number of nitrogens with zero attached hydrogens (tertiary/aromatic N) is 6. The van der Waals surface area contributed by atoms with Gasteiger partial charge >= 0.3 is 0 Å². The van der Waals surface area contributed by atoms with Gasteiger partial charge in [0.15, 0.2) is 11.0 Å². The van der Waals surface area contributed by atoms with E-state index in [9.17, 15) is 8.42 Å². The van der Waals surface area contributed by atoms with Crippen molar-refractivity contribution in [3.8, 4) is 17.1 Å². The average molecular weight is 499 g/mol. The molecule has 0 saturated carbocycles. The molecule has 0 amide bonds. The second-order valence-electron chi connectivity index (χ2n) is 7.33. The second-order valence-corrected chi connectivity index (χ2v) is 10.2. The lowest BCUT2D eigenvalue weighted by molar-refractivity contribution is 0.445. The van der Waals surface area contributed by atoms with Crippen molar-refractivity contribution in [3.05, 3.63) is 66.4 Å². The zero-order valence-corrected chi connectivity index (χ0v) is 20.9. The zero-order valence-electron chi connectivity index (χ0n) is 19.2. The van der Waals surface area contributed by atoms with Crippen molar-refractivity contribution >= 4 is 21.8 Å². The number of thioether (sulfide) groups is 1. The number of aromatic nitrogens is 5. The molecule has 0 radical (unpaired) electrons. The molecule has 2 aromatic heterocycles. The van der Waals surface area contributed by atoms with Gasteiger partial charge in [-0.05, 0) is 24.3 Å². The molecule has 2 aromatic carbocycles. The summed E-state index contributed by atoms with van der Waals surface area (Å²) in [6.07, 6.45) is 0.675. The first-order valence-electron chi connectivity index (χ1n) is 11.0. The van der Waals surface area contributed by atoms with E-state index in [0.717, 1.165) is 5.69 Å². The molecule has 2 heterocycles. The summed E-state index contributed by atoms with van der Waals surface area (Å²) in [5.41, 5.74) is 1.52. The third-order valence-corrected chi connectivity index (χ3v) is 8.18. The summed E-state index contributed by atoms with van der Waals surface area (Å²) in [7, 11) is -3.61. The summed E-state index contributed by atoms with van der Waals surface area (Å²) in [6, 6.07) is 16.5. The molecule has 4 aromatic rings. The van der Waals surface area contributed by atoms with E-state index in [1.165, 1.54) is 16.1 Å². The van der Waals surface area contributed by atoms with E-state index in [2.05, 4.69) is 20.4 Å². The van der Waals surface area contributed by atoms with Crippen LogP contribution in [0.1, 0.15) is 32.6 Å². The van der Waals surface area contributed by atoms with Crippen LogP contribution in [0.3, 0.4) is 0 Å². The highest BCUT2D eigenvalue weighted by Gasteiger charge is 2.23. The fraction of sp³-hybridized carbons (Fsp3) is 0.304. The Hall–Kier alpha value is -3.02. The van der Waals surface area contributed by atoms with Crippen LogP contribution in [-0.2, 0) is 22.2 Å². The Labute approximate surface area is 203 Å². The lowest BCUT2D eigenvalue weighted by Gasteiger charge is -2.18. The van der Waals surface area contributed by atoms with Crippen LogP contribution in [0.5, 0.6) is 0 Å². The van der Waals surface area contributed by atoms with E-state index in [1.54, 1.807) is 18.2 Å². The molecule has 0 aliphatic rings. The minimum atomic E-state index is -3.61. The predicted octanol–water partition coefficient (Wildman–Crippen LogP) is 4.20. The Balaban J connectivity index is 1.74. The van der Waals surface area contributed by atoms with Crippen LogP contribution < -0.4 is 0 Å². The number of benzene rings is 2. The van der Waals surface area contributed by atoms with Crippen LogP contribution in [0.2, 0.25) is 0 Å². The van der Waals surface area contributed by atoms with Gasteiger partial charge in [0.1, 0.15) is 0 Å². The van der Waals surface area contributed by atoms with E-state index in [-0.39, 0.29) is 4.90 Å². The highest BCUT2D eigenvalue weighted by Crippen LogP contribution is 2.31. The quantitative estimate of drug-likeness (QED) is 0.299. The third-order valence-electron chi connectivity index (χ3n) is 5.22. The van der Waals surface area contributed by atoms with Gasteiger partial charge in [0.25, 0.3) is 0 Å². The summed E-state index contributed by atoms with van der Waals surface area (Å²) < 4.78 is 35.1. The molecule has 9 nitrogen and oxygen atoms in total. The summed E-state index contributed by atoms with van der Waals surface area (Å²) >= 11 is 1.42. The fourth-order valence-corrected chi connectivity index (χ4v) is 5.78. The Morgan fingerprint density at radius 1 is 0.912 bits per heavy atom. The van der Waals surface area contributed by atoms with Crippen LogP contribution in [0.4, 0.5) is 0 Å². The molecule has 34 heavy (non-hydrogen) atoms. The summed E-state index contributed by atoms with van der Waals surface area (Å²) in [6.45, 7) is 6.41. The van der Waals surface area contributed by atoms with Crippen molar-refractivity contribution in [2.24, 2.45) is 0 Å². The van der Waals surface area contributed by atoms with Gasteiger partial charge in [0, 0.05) is 30.8 Å². The first-order chi connectivity index (χ1) is 16.5. The number of hydrogen-bond acceptors (Lipinski definition) is 8. The highest BCUT2D eigenvalue weighted by molar-refractivity contribution is 7.98. The van der Waals surface area contributed by atoms with E-state index >= 15 is 0 Å². The molecule has 11 heteroatoms. The van der Waals surface area contributed by atoms with Gasteiger partial charge in [0.2, 0.25) is 21.8 Å². The molecule has 178 valence electrons. The van der Waals surface area contributed by atoms with Crippen LogP contribution in [0.15, 0.2) is 69.1 Å². The normalized spacial score (nSPS) is 11.9. The Morgan fingerprint density at radius 3 is 2.32 bits per heavy atom. The number of para-hydroxylation sites is 1. The molecule has 0 saturated heterocycles. The fourth-order valence-electron chi connectivity index (χ4n) is 3.48. The van der Waals surface area contributed by atoms with Gasteiger partial charge in [-0.3, -0.25) is 4.57 Å². The first kappa shape index (κ1) is 24.1. The number of hydrogen-bond donors (Lipinski definition) is 0. The van der Waals surface area contributed by atoms with Crippen molar-refractivity contribution < 1.29 is 12.8 Å². The van der Waals surface area contributed by atoms with E-state index in [4.69, 9.17) is 4.42 Å². The Morgan fingerprint density at radius 2 is 1.65 bits per heavy atom. The maximum Gasteiger partial charge on any atom is 0.243 e. The van der Waals surface area contributed by atoms with Crippen LogP contribution in [-0.4, -0.2) is 50.8 Å². The molecule has 0 aliphatic heterocycles.